The van der Waals surface area contributed by atoms with Crippen LogP contribution in [0, 0.1) is 5.41 Å². The summed E-state index contributed by atoms with van der Waals surface area (Å²) >= 11 is 0. The van der Waals surface area contributed by atoms with Crippen LogP contribution in [0.25, 0.3) is 0 Å². The van der Waals surface area contributed by atoms with E-state index in [1.807, 2.05) is 12.1 Å². The number of aromatic nitrogens is 2. The Morgan fingerprint density at radius 2 is 2.04 bits per heavy atom. The van der Waals surface area contributed by atoms with E-state index in [0.717, 1.165) is 38.2 Å². The minimum atomic E-state index is -0.310. The molecule has 9 heteroatoms. The summed E-state index contributed by atoms with van der Waals surface area (Å²) in [6.45, 7) is 3.07. The van der Waals surface area contributed by atoms with Gasteiger partial charge >= 0.3 is 5.95 Å². The lowest BCUT2D eigenvalue weighted by Gasteiger charge is -2.67. The van der Waals surface area contributed by atoms with E-state index in [4.69, 9.17) is 18.7 Å². The fourth-order valence-corrected chi connectivity index (χ4v) is 4.30. The molecule has 3 saturated carbocycles. The molecule has 2 bridgehead atoms. The van der Waals surface area contributed by atoms with Crippen molar-refractivity contribution in [3.63, 3.8) is 0 Å². The molecule has 0 unspecified atom stereocenters. The quantitative estimate of drug-likeness (QED) is 0.807. The molecule has 0 radical (unpaired) electrons. The van der Waals surface area contributed by atoms with Crippen molar-refractivity contribution >= 4 is 17.5 Å². The number of hydrogen-bond donors (Lipinski definition) is 1. The van der Waals surface area contributed by atoms with E-state index in [2.05, 4.69) is 20.4 Å². The summed E-state index contributed by atoms with van der Waals surface area (Å²) in [7, 11) is 1.70. The van der Waals surface area contributed by atoms with Gasteiger partial charge < -0.3 is 29.0 Å². The van der Waals surface area contributed by atoms with Crippen LogP contribution in [0.15, 0.2) is 28.9 Å². The standard InChI is InChI=1S/C19H22N4O5/c1-25-19-10-18(11-19,12-19)17(24)21-14-8-16(28-22-14)27-13-2-3-15(20-9-13)23-4-6-26-7-5-23/h2-3,8-9H,4-7,10-12H2,1H3,(H,21,22,24). The zero-order chi connectivity index (χ0) is 19.2. The highest BCUT2D eigenvalue weighted by molar-refractivity contribution is 5.97. The van der Waals surface area contributed by atoms with Gasteiger partial charge in [0, 0.05) is 20.2 Å². The Morgan fingerprint density at radius 3 is 2.71 bits per heavy atom. The van der Waals surface area contributed by atoms with Gasteiger partial charge in [0.15, 0.2) is 5.82 Å². The number of ether oxygens (including phenoxy) is 3. The third-order valence-corrected chi connectivity index (χ3v) is 5.90. The van der Waals surface area contributed by atoms with Crippen LogP contribution in [-0.2, 0) is 14.3 Å². The number of amides is 1. The van der Waals surface area contributed by atoms with Crippen LogP contribution < -0.4 is 15.0 Å². The number of methoxy groups -OCH3 is 1. The van der Waals surface area contributed by atoms with Gasteiger partial charge in [-0.25, -0.2) is 4.98 Å². The van der Waals surface area contributed by atoms with Gasteiger partial charge in [0.25, 0.3) is 0 Å². The third-order valence-electron chi connectivity index (χ3n) is 5.90. The average Bonchev–Trinajstić information content (AvgIpc) is 3.08. The maximum atomic E-state index is 12.5. The first-order valence-electron chi connectivity index (χ1n) is 9.40. The van der Waals surface area contributed by atoms with E-state index in [1.54, 1.807) is 19.4 Å². The minimum absolute atomic E-state index is 0.0391. The van der Waals surface area contributed by atoms with E-state index in [1.165, 1.54) is 0 Å². The Morgan fingerprint density at radius 1 is 1.25 bits per heavy atom. The molecule has 28 heavy (non-hydrogen) atoms. The predicted octanol–water partition coefficient (Wildman–Crippen LogP) is 2.21. The maximum Gasteiger partial charge on any atom is 0.318 e. The van der Waals surface area contributed by atoms with E-state index in [0.29, 0.717) is 24.8 Å². The molecule has 0 aromatic carbocycles. The summed E-state index contributed by atoms with van der Waals surface area (Å²) in [5.74, 6) is 1.92. The lowest BCUT2D eigenvalue weighted by molar-refractivity contribution is -0.260. The summed E-state index contributed by atoms with van der Waals surface area (Å²) in [6.07, 6.45) is 3.94. The second-order valence-corrected chi connectivity index (χ2v) is 7.74. The van der Waals surface area contributed by atoms with Gasteiger partial charge in [-0.1, -0.05) is 5.16 Å². The molecule has 3 heterocycles. The number of morpholine rings is 1. The Hall–Kier alpha value is -2.65. The van der Waals surface area contributed by atoms with Crippen molar-refractivity contribution in [3.05, 3.63) is 24.4 Å². The van der Waals surface area contributed by atoms with Crippen molar-refractivity contribution in [2.75, 3.05) is 43.6 Å². The Bertz CT molecular complexity index is 855. The zero-order valence-corrected chi connectivity index (χ0v) is 15.6. The molecule has 6 rings (SSSR count). The maximum absolute atomic E-state index is 12.5. The molecule has 9 nitrogen and oxygen atoms in total. The van der Waals surface area contributed by atoms with Gasteiger partial charge in [-0.05, 0) is 31.4 Å². The van der Waals surface area contributed by atoms with E-state index < -0.39 is 0 Å². The molecule has 4 fully saturated rings. The summed E-state index contributed by atoms with van der Waals surface area (Å²) in [6, 6.07) is 5.28. The molecule has 1 amide bonds. The number of hydrogen-bond acceptors (Lipinski definition) is 8. The number of nitrogens with zero attached hydrogens (tertiary/aromatic N) is 3. The molecule has 4 aliphatic rings. The summed E-state index contributed by atoms with van der Waals surface area (Å²) in [4.78, 5) is 19.0. The molecule has 0 spiro atoms. The van der Waals surface area contributed by atoms with Crippen LogP contribution >= 0.6 is 0 Å². The number of carbonyl (C=O) groups is 1. The van der Waals surface area contributed by atoms with Crippen LogP contribution in [0.1, 0.15) is 19.3 Å². The van der Waals surface area contributed by atoms with Crippen LogP contribution in [-0.4, -0.2) is 55.1 Å². The molecular weight excluding hydrogens is 364 g/mol. The van der Waals surface area contributed by atoms with Crippen LogP contribution in [0.3, 0.4) is 0 Å². The molecular formula is C19H22N4O5. The third kappa shape index (κ3) is 2.91. The normalized spacial score (nSPS) is 28.2. The monoisotopic (exact) mass is 386 g/mol. The molecule has 0 atom stereocenters. The highest BCUT2D eigenvalue weighted by Gasteiger charge is 2.72. The van der Waals surface area contributed by atoms with Crippen LogP contribution in [0.2, 0.25) is 0 Å². The molecule has 2 aromatic rings. The van der Waals surface area contributed by atoms with Crippen molar-refractivity contribution in [1.82, 2.24) is 10.1 Å². The Kier molecular flexibility index (Phi) is 4.02. The van der Waals surface area contributed by atoms with Gasteiger partial charge in [0.05, 0.1) is 36.5 Å². The first-order chi connectivity index (χ1) is 13.6. The van der Waals surface area contributed by atoms with Crippen molar-refractivity contribution < 1.29 is 23.5 Å². The minimum Gasteiger partial charge on any atom is -0.423 e. The number of nitrogens with one attached hydrogen (secondary N) is 1. The molecule has 1 saturated heterocycles. The predicted molar refractivity (Wildman–Crippen MR) is 98.5 cm³/mol. The summed E-state index contributed by atoms with van der Waals surface area (Å²) in [5.41, 5.74) is -0.384. The van der Waals surface area contributed by atoms with Crippen molar-refractivity contribution in [1.29, 1.82) is 0 Å². The van der Waals surface area contributed by atoms with Crippen molar-refractivity contribution in [3.8, 4) is 11.7 Å². The fourth-order valence-electron chi connectivity index (χ4n) is 4.30. The molecule has 148 valence electrons. The Balaban J connectivity index is 1.17. The van der Waals surface area contributed by atoms with Gasteiger partial charge in [0.2, 0.25) is 5.91 Å². The van der Waals surface area contributed by atoms with E-state index in [9.17, 15) is 4.79 Å². The highest BCUT2D eigenvalue weighted by atomic mass is 16.6. The highest BCUT2D eigenvalue weighted by Crippen LogP contribution is 2.69. The second kappa shape index (κ2) is 6.46. The number of anilines is 2. The fraction of sp³-hybridized carbons (Fsp3) is 0.526. The number of pyridine rings is 1. The lowest BCUT2D eigenvalue weighted by atomic mass is 9.40. The molecule has 1 N–H and O–H groups in total. The average molecular weight is 386 g/mol. The lowest BCUT2D eigenvalue weighted by Crippen LogP contribution is -2.72. The SMILES string of the molecule is COC12CC(C(=O)Nc3cc(Oc4ccc(N5CCOCC5)nc4)on3)(C1)C2. The molecule has 1 aliphatic heterocycles. The van der Waals surface area contributed by atoms with E-state index in [-0.39, 0.29) is 22.9 Å². The topological polar surface area (TPSA) is 99.0 Å². The smallest absolute Gasteiger partial charge is 0.318 e. The summed E-state index contributed by atoms with van der Waals surface area (Å²) in [5, 5.41) is 6.67. The largest absolute Gasteiger partial charge is 0.423 e. The zero-order valence-electron chi connectivity index (χ0n) is 15.6. The van der Waals surface area contributed by atoms with Gasteiger partial charge in [-0.2, -0.15) is 0 Å². The van der Waals surface area contributed by atoms with Crippen molar-refractivity contribution in [2.24, 2.45) is 5.41 Å². The summed E-state index contributed by atoms with van der Waals surface area (Å²) < 4.78 is 21.6. The van der Waals surface area contributed by atoms with Crippen LogP contribution in [0.5, 0.6) is 11.7 Å². The van der Waals surface area contributed by atoms with Gasteiger partial charge in [0.1, 0.15) is 11.6 Å². The first kappa shape index (κ1) is 17.4. The number of rotatable bonds is 6. The second-order valence-electron chi connectivity index (χ2n) is 7.74. The van der Waals surface area contributed by atoms with Crippen LogP contribution in [0.4, 0.5) is 11.6 Å². The number of carbonyl (C=O) groups excluding carboxylic acids is 1. The first-order valence-corrected chi connectivity index (χ1v) is 9.40. The molecule has 2 aromatic heterocycles. The molecule has 3 aliphatic carbocycles. The van der Waals surface area contributed by atoms with Gasteiger partial charge in [-0.15, -0.1) is 0 Å². The van der Waals surface area contributed by atoms with E-state index >= 15 is 0 Å². The Labute approximate surface area is 161 Å². The van der Waals surface area contributed by atoms with Crippen molar-refractivity contribution in [2.45, 2.75) is 24.9 Å². The van der Waals surface area contributed by atoms with Gasteiger partial charge in [-0.3, -0.25) is 4.79 Å².